The molecule has 9 heteroatoms. The molecule has 182 valence electrons. The maximum absolute atomic E-state index is 13.1. The van der Waals surface area contributed by atoms with Crippen LogP contribution in [0.25, 0.3) is 22.2 Å². The van der Waals surface area contributed by atoms with E-state index in [0.29, 0.717) is 29.8 Å². The average Bonchev–Trinajstić information content (AvgIpc) is 3.49. The number of aryl methyl sites for hydroxylation is 1. The van der Waals surface area contributed by atoms with Crippen molar-refractivity contribution in [2.45, 2.75) is 19.0 Å². The highest BCUT2D eigenvalue weighted by Crippen LogP contribution is 2.32. The number of hydrogen-bond acceptors (Lipinski definition) is 6. The molecule has 4 N–H and O–H groups in total. The summed E-state index contributed by atoms with van der Waals surface area (Å²) in [6.45, 7) is 2.18. The van der Waals surface area contributed by atoms with E-state index in [2.05, 4.69) is 15.3 Å². The van der Waals surface area contributed by atoms with E-state index in [-0.39, 0.29) is 12.5 Å². The number of fused-ring (bicyclic) bond motifs is 2. The minimum absolute atomic E-state index is 0.110. The number of H-pyrrole nitrogens is 1. The van der Waals surface area contributed by atoms with Crippen molar-refractivity contribution < 1.29 is 19.1 Å². The predicted molar refractivity (Wildman–Crippen MR) is 134 cm³/mol. The van der Waals surface area contributed by atoms with Gasteiger partial charge in [-0.25, -0.2) is 4.98 Å². The molecule has 1 atom stereocenters. The molecule has 0 saturated heterocycles. The number of imidazole rings is 1. The summed E-state index contributed by atoms with van der Waals surface area (Å²) < 4.78 is 5.23. The number of carbonyl (C=O) groups is 3. The Bertz CT molecular complexity index is 1490. The Kier molecular flexibility index (Phi) is 5.77. The number of hydrogen-bond donors (Lipinski definition) is 3. The Balaban J connectivity index is 1.46. The second-order valence-electron chi connectivity index (χ2n) is 8.92. The summed E-state index contributed by atoms with van der Waals surface area (Å²) in [6.07, 6.45) is 1.96. The first-order valence-corrected chi connectivity index (χ1v) is 11.4. The van der Waals surface area contributed by atoms with Gasteiger partial charge in [-0.2, -0.15) is 0 Å². The van der Waals surface area contributed by atoms with Crippen LogP contribution < -0.4 is 15.8 Å². The zero-order valence-corrected chi connectivity index (χ0v) is 19.9. The first-order valence-electron chi connectivity index (χ1n) is 11.4. The van der Waals surface area contributed by atoms with Gasteiger partial charge in [-0.3, -0.25) is 19.7 Å². The second-order valence-corrected chi connectivity index (χ2v) is 8.92. The van der Waals surface area contributed by atoms with E-state index in [1.807, 2.05) is 37.3 Å². The Hall–Kier alpha value is -4.50. The fraction of sp³-hybridized carbons (Fsp3) is 0.185. The number of amides is 3. The van der Waals surface area contributed by atoms with Crippen LogP contribution in [-0.4, -0.2) is 46.7 Å². The molecule has 0 saturated carbocycles. The van der Waals surface area contributed by atoms with Crippen molar-refractivity contribution >= 4 is 29.3 Å². The number of nitrogens with two attached hydrogens (primary N) is 1. The predicted octanol–water partition coefficient (Wildman–Crippen LogP) is 2.63. The number of imide groups is 1. The molecule has 0 spiro atoms. The third-order valence-electron chi connectivity index (χ3n) is 6.68. The Labute approximate surface area is 207 Å². The number of nitrogens with zero attached hydrogens (tertiary/aromatic N) is 2. The number of benzene rings is 3. The number of aromatic nitrogens is 2. The Morgan fingerprint density at radius 2 is 1.97 bits per heavy atom. The second kappa shape index (κ2) is 8.94. The van der Waals surface area contributed by atoms with Crippen molar-refractivity contribution in [3.8, 4) is 16.9 Å². The van der Waals surface area contributed by atoms with Crippen molar-refractivity contribution in [1.29, 1.82) is 0 Å². The van der Waals surface area contributed by atoms with Gasteiger partial charge >= 0.3 is 0 Å². The van der Waals surface area contributed by atoms with Crippen molar-refractivity contribution in [1.82, 2.24) is 20.2 Å². The molecule has 5 rings (SSSR count). The highest BCUT2D eigenvalue weighted by Gasteiger charge is 2.41. The first kappa shape index (κ1) is 23.3. The number of carbonyl (C=O) groups excluding carboxylic acids is 3. The fourth-order valence-corrected chi connectivity index (χ4v) is 4.73. The van der Waals surface area contributed by atoms with Crippen LogP contribution in [0.4, 0.5) is 0 Å². The number of nitrogens with one attached hydrogen (secondary N) is 2. The zero-order valence-electron chi connectivity index (χ0n) is 19.9. The molecule has 0 aliphatic carbocycles. The van der Waals surface area contributed by atoms with Gasteiger partial charge in [-0.05, 0) is 59.0 Å². The minimum atomic E-state index is -1.65. The third kappa shape index (κ3) is 3.89. The maximum atomic E-state index is 13.1. The number of methoxy groups -OCH3 is 1. The van der Waals surface area contributed by atoms with Crippen LogP contribution in [0.2, 0.25) is 0 Å². The summed E-state index contributed by atoms with van der Waals surface area (Å²) in [5.74, 6) is -0.375. The summed E-state index contributed by atoms with van der Waals surface area (Å²) in [5.41, 5.74) is 11.6. The molecule has 1 aromatic heterocycles. The molecule has 3 aromatic carbocycles. The quantitative estimate of drug-likeness (QED) is 0.347. The molecule has 1 aliphatic rings. The normalized spacial score (nSPS) is 14.4. The summed E-state index contributed by atoms with van der Waals surface area (Å²) >= 11 is 0. The standard InChI is InChI=1S/C27H25N5O4/c1-16-9-19(10-23-24(16)30-14-29-23)17-3-6-20(7-4-17)27(28,26(35)31-15-33)13-32-12-18-5-8-21(36-2)11-22(18)25(32)34/h3-11,14-15H,12-13,28H2,1-2H3,(H,29,30)(H,31,33,35)/t27-/m1/s1. The molecular weight excluding hydrogens is 458 g/mol. The van der Waals surface area contributed by atoms with E-state index in [1.54, 1.807) is 30.6 Å². The van der Waals surface area contributed by atoms with Crippen LogP contribution in [0, 0.1) is 6.92 Å². The molecule has 2 heterocycles. The van der Waals surface area contributed by atoms with Crippen molar-refractivity contribution in [2.24, 2.45) is 5.73 Å². The van der Waals surface area contributed by atoms with Gasteiger partial charge in [0.25, 0.3) is 11.8 Å². The SMILES string of the molecule is COc1ccc2c(c1)C(=O)N(C[C@](N)(C(=O)NC=O)c1ccc(-c3cc(C)c4nc[nH]c4c3)cc1)C2. The van der Waals surface area contributed by atoms with Crippen LogP contribution in [0.15, 0.2) is 60.9 Å². The first-order chi connectivity index (χ1) is 17.3. The number of aromatic amines is 1. The Morgan fingerprint density at radius 3 is 2.69 bits per heavy atom. The van der Waals surface area contributed by atoms with Gasteiger partial charge in [0.15, 0.2) is 0 Å². The smallest absolute Gasteiger partial charge is 0.254 e. The molecule has 0 bridgehead atoms. The van der Waals surface area contributed by atoms with Crippen LogP contribution in [0.3, 0.4) is 0 Å². The van der Waals surface area contributed by atoms with Gasteiger partial charge in [0.1, 0.15) is 11.3 Å². The van der Waals surface area contributed by atoms with Crippen molar-refractivity contribution in [2.75, 3.05) is 13.7 Å². The number of ether oxygens (including phenoxy) is 1. The summed E-state index contributed by atoms with van der Waals surface area (Å²) in [6, 6.07) is 16.6. The van der Waals surface area contributed by atoms with Crippen LogP contribution >= 0.6 is 0 Å². The zero-order chi connectivity index (χ0) is 25.4. The molecule has 36 heavy (non-hydrogen) atoms. The molecule has 0 fully saturated rings. The van der Waals surface area contributed by atoms with Crippen LogP contribution in [-0.2, 0) is 21.7 Å². The van der Waals surface area contributed by atoms with Gasteiger partial charge < -0.3 is 20.4 Å². The summed E-state index contributed by atoms with van der Waals surface area (Å²) in [7, 11) is 1.53. The lowest BCUT2D eigenvalue weighted by Crippen LogP contribution is -2.57. The molecule has 9 nitrogen and oxygen atoms in total. The molecule has 0 radical (unpaired) electrons. The van der Waals surface area contributed by atoms with Crippen molar-refractivity contribution in [3.63, 3.8) is 0 Å². The van der Waals surface area contributed by atoms with Crippen molar-refractivity contribution in [3.05, 3.63) is 83.2 Å². The van der Waals surface area contributed by atoms with E-state index in [9.17, 15) is 14.4 Å². The van der Waals surface area contributed by atoms with E-state index in [1.165, 1.54) is 12.0 Å². The Morgan fingerprint density at radius 1 is 1.19 bits per heavy atom. The van der Waals surface area contributed by atoms with Crippen LogP contribution in [0.5, 0.6) is 5.75 Å². The van der Waals surface area contributed by atoms with E-state index in [0.717, 1.165) is 33.3 Å². The topological polar surface area (TPSA) is 130 Å². The maximum Gasteiger partial charge on any atom is 0.254 e. The molecule has 4 aromatic rings. The molecular formula is C27H25N5O4. The van der Waals surface area contributed by atoms with E-state index >= 15 is 0 Å². The monoisotopic (exact) mass is 483 g/mol. The van der Waals surface area contributed by atoms with Gasteiger partial charge in [0, 0.05) is 12.1 Å². The lowest BCUT2D eigenvalue weighted by atomic mass is 9.87. The minimum Gasteiger partial charge on any atom is -0.497 e. The average molecular weight is 484 g/mol. The van der Waals surface area contributed by atoms with Crippen LogP contribution in [0.1, 0.15) is 27.0 Å². The van der Waals surface area contributed by atoms with Gasteiger partial charge in [-0.15, -0.1) is 0 Å². The molecule has 1 aliphatic heterocycles. The fourth-order valence-electron chi connectivity index (χ4n) is 4.73. The summed E-state index contributed by atoms with van der Waals surface area (Å²) in [4.78, 5) is 46.2. The lowest BCUT2D eigenvalue weighted by Gasteiger charge is -2.32. The van der Waals surface area contributed by atoms with Gasteiger partial charge in [0.2, 0.25) is 6.41 Å². The van der Waals surface area contributed by atoms with Gasteiger partial charge in [-0.1, -0.05) is 30.3 Å². The highest BCUT2D eigenvalue weighted by atomic mass is 16.5. The largest absolute Gasteiger partial charge is 0.497 e. The lowest BCUT2D eigenvalue weighted by molar-refractivity contribution is -0.130. The molecule has 3 amide bonds. The van der Waals surface area contributed by atoms with Gasteiger partial charge in [0.05, 0.1) is 31.0 Å². The molecule has 0 unspecified atom stereocenters. The number of rotatable bonds is 7. The third-order valence-corrected chi connectivity index (χ3v) is 6.68. The van der Waals surface area contributed by atoms with E-state index < -0.39 is 11.4 Å². The highest BCUT2D eigenvalue weighted by molar-refractivity contribution is 6.00. The summed E-state index contributed by atoms with van der Waals surface area (Å²) in [5, 5.41) is 2.17. The van der Waals surface area contributed by atoms with E-state index in [4.69, 9.17) is 10.5 Å².